The molecule has 1 aliphatic heterocycles. The van der Waals surface area contributed by atoms with Crippen molar-refractivity contribution in [1.29, 1.82) is 0 Å². The molecule has 1 aliphatic rings. The van der Waals surface area contributed by atoms with Crippen LogP contribution in [-0.2, 0) is 12.2 Å². The van der Waals surface area contributed by atoms with Crippen molar-refractivity contribution in [3.63, 3.8) is 0 Å². The van der Waals surface area contributed by atoms with Crippen molar-refractivity contribution in [2.24, 2.45) is 0 Å². The predicted octanol–water partition coefficient (Wildman–Crippen LogP) is 3.07. The lowest BCUT2D eigenvalue weighted by atomic mass is 10.0. The molecule has 5 nitrogen and oxygen atoms in total. The van der Waals surface area contributed by atoms with Crippen LogP contribution in [0.25, 0.3) is 0 Å². The summed E-state index contributed by atoms with van der Waals surface area (Å²) < 4.78 is 0. The highest BCUT2D eigenvalue weighted by atomic mass is 32.2. The maximum Gasteiger partial charge on any atom is 0.190 e. The second-order valence-corrected chi connectivity index (χ2v) is 7.61. The summed E-state index contributed by atoms with van der Waals surface area (Å²) in [5, 5.41) is 11.8. The third kappa shape index (κ3) is 4.55. The molecule has 1 aromatic heterocycles. The van der Waals surface area contributed by atoms with Gasteiger partial charge < -0.3 is 14.8 Å². The quantitative estimate of drug-likeness (QED) is 0.575. The number of carboxylic acids is 1. The number of aromatic carboxylic acids is 1. The fourth-order valence-corrected chi connectivity index (χ4v) is 4.04. The van der Waals surface area contributed by atoms with Gasteiger partial charge in [-0.05, 0) is 49.8 Å². The molecule has 0 aliphatic carbocycles. The first-order valence-electron chi connectivity index (χ1n) is 9.14. The molecule has 1 fully saturated rings. The normalized spacial score (nSPS) is 17.3. The van der Waals surface area contributed by atoms with E-state index in [2.05, 4.69) is 29.8 Å². The molecule has 3 rings (SSSR count). The molecule has 1 atom stereocenters. The summed E-state index contributed by atoms with van der Waals surface area (Å²) >= 11 is 1.54. The van der Waals surface area contributed by atoms with Crippen LogP contribution in [0.5, 0.6) is 0 Å². The largest absolute Gasteiger partial charge is 0.545 e. The molecule has 0 radical (unpaired) electrons. The van der Waals surface area contributed by atoms with E-state index in [0.29, 0.717) is 11.8 Å². The molecular weight excluding hydrogens is 346 g/mol. The average molecular weight is 370 g/mol. The monoisotopic (exact) mass is 370 g/mol. The van der Waals surface area contributed by atoms with Crippen LogP contribution < -0.4 is 10.0 Å². The van der Waals surface area contributed by atoms with E-state index >= 15 is 0 Å². The van der Waals surface area contributed by atoms with Crippen LogP contribution in [0.3, 0.4) is 0 Å². The standard InChI is InChI=1S/C20H25N3O2S/c1-3-17-12-18(23-10-5-4-7-14(23)2)22-20(21-17)26-13-15-8-6-9-16(11-15)19(24)25/h6,8-9,11-12,14H,3-5,7,10,13H2,1-2H3,(H,24,25)/p-1/t14-/m1/s1. The summed E-state index contributed by atoms with van der Waals surface area (Å²) in [5.41, 5.74) is 2.17. The van der Waals surface area contributed by atoms with Crippen LogP contribution in [0.4, 0.5) is 5.82 Å². The summed E-state index contributed by atoms with van der Waals surface area (Å²) in [6.45, 7) is 5.40. The Kier molecular flexibility index (Phi) is 6.14. The minimum atomic E-state index is -1.15. The molecule has 0 N–H and O–H groups in total. The molecule has 26 heavy (non-hydrogen) atoms. The Balaban J connectivity index is 1.78. The molecule has 2 heterocycles. The summed E-state index contributed by atoms with van der Waals surface area (Å²) in [7, 11) is 0. The molecule has 2 aromatic rings. The van der Waals surface area contributed by atoms with Crippen molar-refractivity contribution in [2.45, 2.75) is 56.5 Å². The van der Waals surface area contributed by atoms with E-state index in [-0.39, 0.29) is 5.56 Å². The van der Waals surface area contributed by atoms with E-state index in [1.807, 2.05) is 6.07 Å². The summed E-state index contributed by atoms with van der Waals surface area (Å²) in [4.78, 5) is 22.8. The Hall–Kier alpha value is -2.08. The Morgan fingerprint density at radius 3 is 2.88 bits per heavy atom. The van der Waals surface area contributed by atoms with Crippen LogP contribution in [0, 0.1) is 0 Å². The zero-order valence-electron chi connectivity index (χ0n) is 15.3. The Bertz CT molecular complexity index is 781. The van der Waals surface area contributed by atoms with Crippen molar-refractivity contribution in [3.05, 3.63) is 47.2 Å². The van der Waals surface area contributed by atoms with Crippen LogP contribution >= 0.6 is 11.8 Å². The van der Waals surface area contributed by atoms with Gasteiger partial charge in [0.1, 0.15) is 5.82 Å². The number of carbonyl (C=O) groups is 1. The van der Waals surface area contributed by atoms with E-state index in [0.717, 1.165) is 35.2 Å². The third-order valence-electron chi connectivity index (χ3n) is 4.74. The minimum absolute atomic E-state index is 0.203. The first kappa shape index (κ1) is 18.7. The third-order valence-corrected chi connectivity index (χ3v) is 5.65. The zero-order chi connectivity index (χ0) is 18.5. The number of carbonyl (C=O) groups excluding carboxylic acids is 1. The van der Waals surface area contributed by atoms with Gasteiger partial charge in [0, 0.05) is 30.1 Å². The summed E-state index contributed by atoms with van der Waals surface area (Å²) in [6.07, 6.45) is 4.55. The Morgan fingerprint density at radius 2 is 2.15 bits per heavy atom. The molecule has 0 bridgehead atoms. The van der Waals surface area contributed by atoms with Crippen LogP contribution in [0.2, 0.25) is 0 Å². The minimum Gasteiger partial charge on any atom is -0.545 e. The lowest BCUT2D eigenvalue weighted by Crippen LogP contribution is -2.38. The number of hydrogen-bond acceptors (Lipinski definition) is 6. The fourth-order valence-electron chi connectivity index (χ4n) is 3.23. The van der Waals surface area contributed by atoms with Gasteiger partial charge in [0.25, 0.3) is 0 Å². The number of aryl methyl sites for hydroxylation is 1. The number of carboxylic acid groups (broad SMARTS) is 1. The van der Waals surface area contributed by atoms with Crippen molar-refractivity contribution < 1.29 is 9.90 Å². The van der Waals surface area contributed by atoms with E-state index in [1.165, 1.54) is 19.3 Å². The maximum atomic E-state index is 11.0. The molecule has 0 saturated carbocycles. The van der Waals surface area contributed by atoms with Crippen LogP contribution in [0.1, 0.15) is 54.7 Å². The van der Waals surface area contributed by atoms with E-state index in [1.54, 1.807) is 30.0 Å². The summed E-state index contributed by atoms with van der Waals surface area (Å²) in [5.74, 6) is 0.487. The Labute approximate surface area is 158 Å². The van der Waals surface area contributed by atoms with Gasteiger partial charge in [-0.25, -0.2) is 9.97 Å². The number of aromatic nitrogens is 2. The van der Waals surface area contributed by atoms with E-state index < -0.39 is 5.97 Å². The number of rotatable bonds is 6. The van der Waals surface area contributed by atoms with Gasteiger partial charge in [-0.15, -0.1) is 0 Å². The first-order chi connectivity index (χ1) is 12.6. The SMILES string of the molecule is CCc1cc(N2CCCC[C@H]2C)nc(SCc2cccc(C(=O)[O-])c2)n1. The van der Waals surface area contributed by atoms with Gasteiger partial charge in [0.2, 0.25) is 0 Å². The number of thioether (sulfide) groups is 1. The van der Waals surface area contributed by atoms with Gasteiger partial charge in [-0.2, -0.15) is 0 Å². The second-order valence-electron chi connectivity index (χ2n) is 6.67. The lowest BCUT2D eigenvalue weighted by molar-refractivity contribution is -0.255. The number of benzene rings is 1. The molecule has 1 aromatic carbocycles. The zero-order valence-corrected chi connectivity index (χ0v) is 16.1. The highest BCUT2D eigenvalue weighted by Crippen LogP contribution is 2.27. The number of nitrogens with zero attached hydrogens (tertiary/aromatic N) is 3. The van der Waals surface area contributed by atoms with Crippen LogP contribution in [0.15, 0.2) is 35.5 Å². The highest BCUT2D eigenvalue weighted by molar-refractivity contribution is 7.98. The Morgan fingerprint density at radius 1 is 1.31 bits per heavy atom. The van der Waals surface area contributed by atoms with Crippen LogP contribution in [-0.4, -0.2) is 28.5 Å². The number of anilines is 1. The van der Waals surface area contributed by atoms with Crippen molar-refractivity contribution in [1.82, 2.24) is 9.97 Å². The van der Waals surface area contributed by atoms with Gasteiger partial charge >= 0.3 is 0 Å². The molecule has 0 unspecified atom stereocenters. The maximum absolute atomic E-state index is 11.0. The van der Waals surface area contributed by atoms with Crippen molar-refractivity contribution in [2.75, 3.05) is 11.4 Å². The van der Waals surface area contributed by atoms with Gasteiger partial charge in [0.05, 0.1) is 5.97 Å². The fraction of sp³-hybridized carbons (Fsp3) is 0.450. The molecule has 6 heteroatoms. The second kappa shape index (κ2) is 8.54. The molecule has 0 amide bonds. The van der Waals surface area contributed by atoms with E-state index in [4.69, 9.17) is 4.98 Å². The molecule has 138 valence electrons. The molecule has 0 spiro atoms. The predicted molar refractivity (Wildman–Crippen MR) is 102 cm³/mol. The van der Waals surface area contributed by atoms with E-state index in [9.17, 15) is 9.90 Å². The van der Waals surface area contributed by atoms with Crippen molar-refractivity contribution >= 4 is 23.5 Å². The lowest BCUT2D eigenvalue weighted by Gasteiger charge is -2.34. The summed E-state index contributed by atoms with van der Waals surface area (Å²) in [6, 6.07) is 9.46. The number of hydrogen-bond donors (Lipinski definition) is 0. The number of piperidine rings is 1. The van der Waals surface area contributed by atoms with Gasteiger partial charge in [-0.3, -0.25) is 0 Å². The first-order valence-corrected chi connectivity index (χ1v) is 10.1. The highest BCUT2D eigenvalue weighted by Gasteiger charge is 2.20. The molecular formula is C20H24N3O2S-. The smallest absolute Gasteiger partial charge is 0.190 e. The van der Waals surface area contributed by atoms with Gasteiger partial charge in [-0.1, -0.05) is 36.9 Å². The van der Waals surface area contributed by atoms with Crippen molar-refractivity contribution in [3.8, 4) is 0 Å². The van der Waals surface area contributed by atoms with Gasteiger partial charge in [0.15, 0.2) is 5.16 Å². The molecule has 1 saturated heterocycles. The average Bonchev–Trinajstić information content (AvgIpc) is 2.66. The topological polar surface area (TPSA) is 69.2 Å².